The molecule has 0 saturated carbocycles. The number of carboxylic acid groups (broad SMARTS) is 1. The highest BCUT2D eigenvalue weighted by atomic mass is 19.4. The Labute approximate surface area is 194 Å². The van der Waals surface area contributed by atoms with Crippen molar-refractivity contribution in [1.82, 2.24) is 14.3 Å². The number of hydrogen-bond acceptors (Lipinski definition) is 4. The van der Waals surface area contributed by atoms with Gasteiger partial charge in [-0.3, -0.25) is 0 Å². The van der Waals surface area contributed by atoms with Crippen molar-refractivity contribution >= 4 is 5.97 Å². The molecular weight excluding hydrogens is 451 g/mol. The van der Waals surface area contributed by atoms with Crippen LogP contribution in [0.3, 0.4) is 0 Å². The van der Waals surface area contributed by atoms with Gasteiger partial charge >= 0.3 is 17.8 Å². The zero-order chi connectivity index (χ0) is 25.3. The molecule has 0 fully saturated rings. The second-order valence-electron chi connectivity index (χ2n) is 8.35. The number of alkyl halides is 3. The third kappa shape index (κ3) is 5.16. The fourth-order valence-electron chi connectivity index (χ4n) is 3.48. The van der Waals surface area contributed by atoms with Crippen molar-refractivity contribution in [1.29, 1.82) is 0 Å². The van der Waals surface area contributed by atoms with Crippen LogP contribution < -0.4 is 10.4 Å². The molecule has 0 aliphatic rings. The van der Waals surface area contributed by atoms with E-state index in [2.05, 4.69) is 5.10 Å². The lowest BCUT2D eigenvalue weighted by Gasteiger charge is -2.25. The van der Waals surface area contributed by atoms with Crippen molar-refractivity contribution in [2.24, 2.45) is 0 Å². The molecule has 2 aromatic carbocycles. The van der Waals surface area contributed by atoms with Gasteiger partial charge in [0.15, 0.2) is 5.60 Å². The fourth-order valence-corrected chi connectivity index (χ4v) is 3.48. The first-order chi connectivity index (χ1) is 15.9. The summed E-state index contributed by atoms with van der Waals surface area (Å²) < 4.78 is 46.7. The smallest absolute Gasteiger partial charge is 0.416 e. The first kappa shape index (κ1) is 25.1. The molecule has 0 unspecified atom stereocenters. The van der Waals surface area contributed by atoms with E-state index in [1.54, 1.807) is 0 Å². The molecule has 0 amide bonds. The molecule has 0 saturated heterocycles. The maximum Gasteiger partial charge on any atom is 0.416 e. The number of halogens is 3. The minimum Gasteiger partial charge on any atom is -0.478 e. The standard InChI is InChI=1S/C24H26F3N3O4/c1-5-16-11-15(12-17(6-2)20(16)34-23(3,4)21(31)32)13-30-22(33)29(14-28-30)19-9-7-18(8-10-19)24(25,26)27/h7-12,14H,5-6,13H2,1-4H3,(H,31,32). The normalized spacial score (nSPS) is 12.1. The second kappa shape index (κ2) is 9.36. The maximum atomic E-state index is 12.8. The molecule has 0 aliphatic carbocycles. The zero-order valence-electron chi connectivity index (χ0n) is 19.3. The number of hydrogen-bond donors (Lipinski definition) is 1. The molecule has 1 N–H and O–H groups in total. The van der Waals surface area contributed by atoms with E-state index in [0.717, 1.165) is 28.8 Å². The summed E-state index contributed by atoms with van der Waals surface area (Å²) in [5.41, 5.74) is -0.0567. The van der Waals surface area contributed by atoms with E-state index in [1.807, 2.05) is 26.0 Å². The van der Waals surface area contributed by atoms with E-state index >= 15 is 0 Å². The minimum absolute atomic E-state index is 0.134. The molecule has 182 valence electrons. The van der Waals surface area contributed by atoms with Crippen LogP contribution in [0, 0.1) is 0 Å². The van der Waals surface area contributed by atoms with Gasteiger partial charge in [-0.15, -0.1) is 0 Å². The summed E-state index contributed by atoms with van der Waals surface area (Å²) in [5.74, 6) is -0.565. The molecule has 10 heteroatoms. The van der Waals surface area contributed by atoms with Gasteiger partial charge in [-0.1, -0.05) is 26.0 Å². The number of aliphatic carboxylic acids is 1. The second-order valence-corrected chi connectivity index (χ2v) is 8.35. The summed E-state index contributed by atoms with van der Waals surface area (Å²) in [6, 6.07) is 7.95. The van der Waals surface area contributed by atoms with Crippen LogP contribution >= 0.6 is 0 Å². The number of aromatic nitrogens is 3. The average Bonchev–Trinajstić information content (AvgIpc) is 3.13. The first-order valence-electron chi connectivity index (χ1n) is 10.8. The van der Waals surface area contributed by atoms with E-state index < -0.39 is 29.0 Å². The number of rotatable bonds is 8. The molecule has 0 spiro atoms. The van der Waals surface area contributed by atoms with E-state index in [4.69, 9.17) is 4.74 Å². The Kier molecular flexibility index (Phi) is 6.90. The van der Waals surface area contributed by atoms with Gasteiger partial charge in [0.1, 0.15) is 12.1 Å². The van der Waals surface area contributed by atoms with Crippen molar-refractivity contribution in [2.45, 2.75) is 58.9 Å². The van der Waals surface area contributed by atoms with E-state index in [9.17, 15) is 27.9 Å². The Hall–Kier alpha value is -3.56. The van der Waals surface area contributed by atoms with Crippen LogP contribution in [0.15, 0.2) is 47.5 Å². The first-order valence-corrected chi connectivity index (χ1v) is 10.8. The van der Waals surface area contributed by atoms with Gasteiger partial charge in [-0.2, -0.15) is 18.3 Å². The SMILES string of the molecule is CCc1cc(Cn2ncn(-c3ccc(C(F)(F)F)cc3)c2=O)cc(CC)c1OC(C)(C)C(=O)O. The minimum atomic E-state index is -4.46. The Morgan fingerprint density at radius 3 is 2.09 bits per heavy atom. The van der Waals surface area contributed by atoms with Crippen molar-refractivity contribution < 1.29 is 27.8 Å². The molecule has 7 nitrogen and oxygen atoms in total. The molecule has 34 heavy (non-hydrogen) atoms. The highest BCUT2D eigenvalue weighted by molar-refractivity contribution is 5.77. The topological polar surface area (TPSA) is 86.4 Å². The van der Waals surface area contributed by atoms with Gasteiger partial charge in [0.2, 0.25) is 0 Å². The van der Waals surface area contributed by atoms with Gasteiger partial charge in [-0.25, -0.2) is 18.8 Å². The average molecular weight is 477 g/mol. The summed E-state index contributed by atoms with van der Waals surface area (Å²) in [5, 5.41) is 13.5. The summed E-state index contributed by atoms with van der Waals surface area (Å²) in [6.45, 7) is 6.94. The van der Waals surface area contributed by atoms with Crippen LogP contribution in [-0.4, -0.2) is 31.0 Å². The van der Waals surface area contributed by atoms with Gasteiger partial charge in [-0.05, 0) is 67.6 Å². The number of ether oxygens (including phenoxy) is 1. The predicted molar refractivity (Wildman–Crippen MR) is 119 cm³/mol. The van der Waals surface area contributed by atoms with Crippen LogP contribution in [-0.2, 0) is 30.4 Å². The van der Waals surface area contributed by atoms with Crippen molar-refractivity contribution in [3.63, 3.8) is 0 Å². The van der Waals surface area contributed by atoms with Gasteiger partial charge in [0.05, 0.1) is 17.8 Å². The Balaban J connectivity index is 1.92. The summed E-state index contributed by atoms with van der Waals surface area (Å²) in [6.07, 6.45) is -2.03. The van der Waals surface area contributed by atoms with Gasteiger partial charge < -0.3 is 9.84 Å². The molecule has 0 atom stereocenters. The van der Waals surface area contributed by atoms with Crippen LogP contribution in [0.1, 0.15) is 49.9 Å². The molecule has 0 bridgehead atoms. The number of nitrogens with zero attached hydrogens (tertiary/aromatic N) is 3. The monoisotopic (exact) mass is 477 g/mol. The number of benzene rings is 2. The number of carboxylic acids is 1. The van der Waals surface area contributed by atoms with E-state index in [1.165, 1.54) is 41.6 Å². The maximum absolute atomic E-state index is 12.8. The Morgan fingerprint density at radius 2 is 1.62 bits per heavy atom. The lowest BCUT2D eigenvalue weighted by Crippen LogP contribution is -2.38. The molecule has 3 rings (SSSR count). The summed E-state index contributed by atoms with van der Waals surface area (Å²) >= 11 is 0. The predicted octanol–water partition coefficient (Wildman–Crippen LogP) is 4.47. The van der Waals surface area contributed by atoms with Gasteiger partial charge in [0, 0.05) is 0 Å². The lowest BCUT2D eigenvalue weighted by atomic mass is 9.99. The van der Waals surface area contributed by atoms with Crippen LogP contribution in [0.4, 0.5) is 13.2 Å². The highest BCUT2D eigenvalue weighted by Gasteiger charge is 2.31. The van der Waals surface area contributed by atoms with Crippen molar-refractivity contribution in [3.8, 4) is 11.4 Å². The molecule has 0 aliphatic heterocycles. The highest BCUT2D eigenvalue weighted by Crippen LogP contribution is 2.31. The van der Waals surface area contributed by atoms with Crippen molar-refractivity contribution in [2.75, 3.05) is 0 Å². The summed E-state index contributed by atoms with van der Waals surface area (Å²) in [7, 11) is 0. The molecule has 1 aromatic heterocycles. The summed E-state index contributed by atoms with van der Waals surface area (Å²) in [4.78, 5) is 24.4. The van der Waals surface area contributed by atoms with E-state index in [-0.39, 0.29) is 12.2 Å². The van der Waals surface area contributed by atoms with Crippen LogP contribution in [0.5, 0.6) is 5.75 Å². The lowest BCUT2D eigenvalue weighted by molar-refractivity contribution is -0.152. The third-order valence-electron chi connectivity index (χ3n) is 5.48. The zero-order valence-corrected chi connectivity index (χ0v) is 19.3. The molecule has 3 aromatic rings. The quantitative estimate of drug-likeness (QED) is 0.518. The largest absolute Gasteiger partial charge is 0.478 e. The van der Waals surface area contributed by atoms with Crippen LogP contribution in [0.25, 0.3) is 5.69 Å². The molecule has 0 radical (unpaired) electrons. The number of aryl methyl sites for hydroxylation is 2. The Bertz CT molecular complexity index is 1220. The van der Waals surface area contributed by atoms with Crippen molar-refractivity contribution in [3.05, 3.63) is 75.5 Å². The van der Waals surface area contributed by atoms with Gasteiger partial charge in [0.25, 0.3) is 0 Å². The fraction of sp³-hybridized carbons (Fsp3) is 0.375. The molecule has 1 heterocycles. The Morgan fingerprint density at radius 1 is 1.06 bits per heavy atom. The van der Waals surface area contributed by atoms with E-state index in [0.29, 0.717) is 18.6 Å². The third-order valence-corrected chi connectivity index (χ3v) is 5.48. The number of carbonyl (C=O) groups is 1. The molecular formula is C24H26F3N3O4. The van der Waals surface area contributed by atoms with Crippen LogP contribution in [0.2, 0.25) is 0 Å².